The number of hydrogen-bond donors (Lipinski definition) is 0. The summed E-state index contributed by atoms with van der Waals surface area (Å²) in [5.41, 5.74) is 2.15. The van der Waals surface area contributed by atoms with Crippen LogP contribution in [0.3, 0.4) is 0 Å². The number of carbonyl (C=O) groups excluding carboxylic acids is 2. The van der Waals surface area contributed by atoms with E-state index >= 15 is 0 Å². The number of aryl methyl sites for hydroxylation is 2. The zero-order valence-electron chi connectivity index (χ0n) is 18.6. The highest BCUT2D eigenvalue weighted by molar-refractivity contribution is 6.30. The van der Waals surface area contributed by atoms with Crippen molar-refractivity contribution in [3.05, 3.63) is 77.3 Å². The first kappa shape index (κ1) is 23.1. The second kappa shape index (κ2) is 11.1. The Kier molecular flexibility index (Phi) is 7.79. The van der Waals surface area contributed by atoms with Crippen molar-refractivity contribution in [1.29, 1.82) is 0 Å². The highest BCUT2D eigenvalue weighted by atomic mass is 35.5. The molecule has 4 rings (SSSR count). The van der Waals surface area contributed by atoms with Crippen LogP contribution in [0, 0.1) is 0 Å². The summed E-state index contributed by atoms with van der Waals surface area (Å²) in [4.78, 5) is 33.1. The maximum atomic E-state index is 12.6. The van der Waals surface area contributed by atoms with Gasteiger partial charge >= 0.3 is 0 Å². The largest absolute Gasteiger partial charge is 0.441 e. The van der Waals surface area contributed by atoms with E-state index in [9.17, 15) is 9.59 Å². The van der Waals surface area contributed by atoms with Gasteiger partial charge in [-0.2, -0.15) is 0 Å². The third-order valence-electron chi connectivity index (χ3n) is 5.92. The summed E-state index contributed by atoms with van der Waals surface area (Å²) < 4.78 is 5.79. The molecule has 0 spiro atoms. The number of nitrogens with zero attached hydrogens (tertiary/aromatic N) is 3. The summed E-state index contributed by atoms with van der Waals surface area (Å²) in [5, 5.41) is 0.665. The molecule has 1 saturated heterocycles. The SMILES string of the molecule is O=C(CCCc1ccccc1)N1CCN(C(=O)CCc2ncc(-c3ccc(Cl)cc3)o2)CC1. The van der Waals surface area contributed by atoms with E-state index < -0.39 is 0 Å². The first-order chi connectivity index (χ1) is 16.1. The first-order valence-electron chi connectivity index (χ1n) is 11.4. The molecule has 3 aromatic rings. The highest BCUT2D eigenvalue weighted by Crippen LogP contribution is 2.23. The van der Waals surface area contributed by atoms with Gasteiger partial charge in [0.05, 0.1) is 6.20 Å². The van der Waals surface area contributed by atoms with Crippen LogP contribution in [0.25, 0.3) is 11.3 Å². The molecule has 2 aromatic carbocycles. The maximum absolute atomic E-state index is 12.6. The molecule has 0 saturated carbocycles. The number of aromatic nitrogens is 1. The van der Waals surface area contributed by atoms with Gasteiger partial charge in [-0.1, -0.05) is 41.9 Å². The number of piperazine rings is 1. The van der Waals surface area contributed by atoms with Gasteiger partial charge in [0, 0.05) is 56.0 Å². The van der Waals surface area contributed by atoms with Crippen LogP contribution in [0.1, 0.15) is 30.7 Å². The van der Waals surface area contributed by atoms with E-state index in [1.807, 2.05) is 40.1 Å². The molecule has 0 bridgehead atoms. The zero-order chi connectivity index (χ0) is 23.0. The predicted molar refractivity (Wildman–Crippen MR) is 128 cm³/mol. The van der Waals surface area contributed by atoms with Crippen molar-refractivity contribution < 1.29 is 14.0 Å². The summed E-state index contributed by atoms with van der Waals surface area (Å²) in [6.45, 7) is 2.33. The number of rotatable bonds is 8. The molecular formula is C26H28ClN3O3. The molecule has 1 aliphatic heterocycles. The fraction of sp³-hybridized carbons (Fsp3) is 0.346. The third-order valence-corrected chi connectivity index (χ3v) is 6.17. The van der Waals surface area contributed by atoms with E-state index in [1.165, 1.54) is 5.56 Å². The lowest BCUT2D eigenvalue weighted by molar-refractivity contribution is -0.139. The van der Waals surface area contributed by atoms with Crippen molar-refractivity contribution in [2.24, 2.45) is 0 Å². The molecule has 2 amide bonds. The predicted octanol–water partition coefficient (Wildman–Crippen LogP) is 4.62. The summed E-state index contributed by atoms with van der Waals surface area (Å²) in [6.07, 6.45) is 4.76. The van der Waals surface area contributed by atoms with Crippen LogP contribution in [0.2, 0.25) is 5.02 Å². The van der Waals surface area contributed by atoms with E-state index in [4.69, 9.17) is 16.0 Å². The minimum Gasteiger partial charge on any atom is -0.441 e. The number of hydrogen-bond acceptors (Lipinski definition) is 4. The lowest BCUT2D eigenvalue weighted by Crippen LogP contribution is -2.50. The van der Waals surface area contributed by atoms with Gasteiger partial charge < -0.3 is 14.2 Å². The number of oxazole rings is 1. The van der Waals surface area contributed by atoms with Crippen molar-refractivity contribution in [3.63, 3.8) is 0 Å². The van der Waals surface area contributed by atoms with E-state index in [2.05, 4.69) is 17.1 Å². The minimum atomic E-state index is 0.0671. The van der Waals surface area contributed by atoms with Crippen LogP contribution in [0.5, 0.6) is 0 Å². The molecule has 0 atom stereocenters. The Balaban J connectivity index is 1.17. The van der Waals surface area contributed by atoms with Gasteiger partial charge in [-0.3, -0.25) is 9.59 Å². The summed E-state index contributed by atoms with van der Waals surface area (Å²) in [6, 6.07) is 17.6. The van der Waals surface area contributed by atoms with Crippen molar-refractivity contribution in [3.8, 4) is 11.3 Å². The fourth-order valence-electron chi connectivity index (χ4n) is 4.00. The number of benzene rings is 2. The van der Waals surface area contributed by atoms with Crippen LogP contribution in [0.4, 0.5) is 0 Å². The molecule has 1 aromatic heterocycles. The topological polar surface area (TPSA) is 66.7 Å². The smallest absolute Gasteiger partial charge is 0.223 e. The molecule has 1 fully saturated rings. The van der Waals surface area contributed by atoms with Crippen molar-refractivity contribution in [1.82, 2.24) is 14.8 Å². The van der Waals surface area contributed by atoms with Gasteiger partial charge in [-0.15, -0.1) is 0 Å². The van der Waals surface area contributed by atoms with Crippen LogP contribution in [-0.2, 0) is 22.4 Å². The summed E-state index contributed by atoms with van der Waals surface area (Å²) in [5.74, 6) is 1.44. The molecule has 33 heavy (non-hydrogen) atoms. The lowest BCUT2D eigenvalue weighted by Gasteiger charge is -2.35. The van der Waals surface area contributed by atoms with Crippen LogP contribution < -0.4 is 0 Å². The molecule has 1 aliphatic rings. The number of carbonyl (C=O) groups is 2. The van der Waals surface area contributed by atoms with Gasteiger partial charge in [0.2, 0.25) is 11.8 Å². The summed E-state index contributed by atoms with van der Waals surface area (Å²) >= 11 is 5.92. The number of amides is 2. The van der Waals surface area contributed by atoms with Crippen molar-refractivity contribution in [2.75, 3.05) is 26.2 Å². The molecule has 0 N–H and O–H groups in total. The Morgan fingerprint density at radius 1 is 0.848 bits per heavy atom. The molecule has 7 heteroatoms. The Morgan fingerprint density at radius 2 is 1.48 bits per heavy atom. The second-order valence-corrected chi connectivity index (χ2v) is 8.66. The van der Waals surface area contributed by atoms with E-state index in [0.717, 1.165) is 18.4 Å². The monoisotopic (exact) mass is 465 g/mol. The quantitative estimate of drug-likeness (QED) is 0.486. The lowest BCUT2D eigenvalue weighted by atomic mass is 10.1. The van der Waals surface area contributed by atoms with E-state index in [1.54, 1.807) is 18.3 Å². The van der Waals surface area contributed by atoms with Gasteiger partial charge in [-0.05, 0) is 42.7 Å². The average Bonchev–Trinajstić information content (AvgIpc) is 3.33. The molecule has 0 radical (unpaired) electrons. The normalized spacial score (nSPS) is 13.8. The van der Waals surface area contributed by atoms with Crippen LogP contribution in [0.15, 0.2) is 65.2 Å². The second-order valence-electron chi connectivity index (χ2n) is 8.23. The van der Waals surface area contributed by atoms with Crippen LogP contribution >= 0.6 is 11.6 Å². The van der Waals surface area contributed by atoms with Gasteiger partial charge in [-0.25, -0.2) is 4.98 Å². The Bertz CT molecular complexity index is 1060. The first-order valence-corrected chi connectivity index (χ1v) is 11.8. The molecule has 0 aliphatic carbocycles. The molecule has 172 valence electrons. The van der Waals surface area contributed by atoms with Crippen LogP contribution in [-0.4, -0.2) is 52.8 Å². The van der Waals surface area contributed by atoms with E-state index in [-0.39, 0.29) is 11.8 Å². The minimum absolute atomic E-state index is 0.0671. The van der Waals surface area contributed by atoms with Gasteiger partial charge in [0.15, 0.2) is 11.7 Å². The standard InChI is InChI=1S/C26H28ClN3O3/c27-22-11-9-21(10-12-22)23-19-28-24(33-23)13-14-26(32)30-17-15-29(16-18-30)25(31)8-4-7-20-5-2-1-3-6-20/h1-3,5-6,9-12,19H,4,7-8,13-18H2. The Hall–Kier alpha value is -3.12. The Morgan fingerprint density at radius 3 is 2.15 bits per heavy atom. The zero-order valence-corrected chi connectivity index (χ0v) is 19.3. The molecule has 0 unspecified atom stereocenters. The third kappa shape index (κ3) is 6.45. The van der Waals surface area contributed by atoms with E-state index in [0.29, 0.717) is 62.1 Å². The van der Waals surface area contributed by atoms with Crippen molar-refractivity contribution >= 4 is 23.4 Å². The van der Waals surface area contributed by atoms with Gasteiger partial charge in [0.1, 0.15) is 0 Å². The average molecular weight is 466 g/mol. The van der Waals surface area contributed by atoms with Crippen molar-refractivity contribution in [2.45, 2.75) is 32.1 Å². The fourth-order valence-corrected chi connectivity index (χ4v) is 4.12. The highest BCUT2D eigenvalue weighted by Gasteiger charge is 2.24. The number of halogens is 1. The Labute approximate surface area is 199 Å². The molecular weight excluding hydrogens is 438 g/mol. The summed E-state index contributed by atoms with van der Waals surface area (Å²) in [7, 11) is 0. The molecule has 6 nitrogen and oxygen atoms in total. The molecule has 2 heterocycles. The van der Waals surface area contributed by atoms with Gasteiger partial charge in [0.25, 0.3) is 0 Å². The maximum Gasteiger partial charge on any atom is 0.223 e.